The first-order chi connectivity index (χ1) is 14.6. The Morgan fingerprint density at radius 1 is 1.10 bits per heavy atom. The lowest BCUT2D eigenvalue weighted by molar-refractivity contribution is -0.0513. The van der Waals surface area contributed by atoms with Crippen LogP contribution in [0.1, 0.15) is 105 Å². The number of carboxylic acid groups (broad SMARTS) is 1. The molecule has 3 heteroatoms. The molecule has 176 valence electrons. The van der Waals surface area contributed by atoms with Crippen LogP contribution >= 0.6 is 0 Å². The maximum atomic E-state index is 11.1. The minimum absolute atomic E-state index is 0.116. The zero-order chi connectivity index (χ0) is 22.4. The van der Waals surface area contributed by atoms with E-state index in [0.29, 0.717) is 10.8 Å². The van der Waals surface area contributed by atoms with Crippen molar-refractivity contribution in [3.63, 3.8) is 0 Å². The second-order valence-corrected chi connectivity index (χ2v) is 12.7. The van der Waals surface area contributed by atoms with Gasteiger partial charge in [-0.05, 0) is 97.7 Å². The van der Waals surface area contributed by atoms with Crippen LogP contribution in [0.3, 0.4) is 0 Å². The van der Waals surface area contributed by atoms with Crippen LogP contribution in [0.2, 0.25) is 0 Å². The summed E-state index contributed by atoms with van der Waals surface area (Å²) in [4.78, 5) is 11.1. The molecule has 4 aliphatic rings. The Kier molecular flexibility index (Phi) is 6.54. The Bertz CT molecular complexity index is 699. The molecule has 0 bridgehead atoms. The molecular weight excluding hydrogens is 382 g/mol. The predicted octanol–water partition coefficient (Wildman–Crippen LogP) is 7.66. The molecule has 0 spiro atoms. The lowest BCUT2D eigenvalue weighted by Gasteiger charge is -2.58. The molecule has 4 aliphatic carbocycles. The molecule has 0 heterocycles. The first kappa shape index (κ1) is 23.2. The highest BCUT2D eigenvalue weighted by atomic mass is 16.4. The van der Waals surface area contributed by atoms with Crippen LogP contribution < -0.4 is 5.32 Å². The second kappa shape index (κ2) is 8.75. The van der Waals surface area contributed by atoms with Gasteiger partial charge < -0.3 is 10.4 Å². The van der Waals surface area contributed by atoms with E-state index in [9.17, 15) is 4.79 Å². The van der Waals surface area contributed by atoms with Crippen molar-refractivity contribution in [2.75, 3.05) is 0 Å². The van der Waals surface area contributed by atoms with Gasteiger partial charge in [-0.15, -0.1) is 0 Å². The van der Waals surface area contributed by atoms with Crippen molar-refractivity contribution < 1.29 is 9.90 Å². The van der Waals surface area contributed by atoms with Gasteiger partial charge in [-0.25, -0.2) is 4.79 Å². The summed E-state index contributed by atoms with van der Waals surface area (Å²) in [6.45, 7) is 12.5. The van der Waals surface area contributed by atoms with E-state index in [4.69, 9.17) is 5.11 Å². The number of rotatable bonds is 6. The van der Waals surface area contributed by atoms with Crippen LogP contribution in [0.4, 0.5) is 4.79 Å². The van der Waals surface area contributed by atoms with Gasteiger partial charge in [0.05, 0.1) is 0 Å². The summed E-state index contributed by atoms with van der Waals surface area (Å²) in [6, 6.07) is 0.116. The molecular formula is C28H47NO2. The zero-order valence-corrected chi connectivity index (χ0v) is 20.8. The van der Waals surface area contributed by atoms with E-state index in [2.05, 4.69) is 46.0 Å². The normalized spacial score (nSPS) is 42.9. The largest absolute Gasteiger partial charge is 0.465 e. The molecule has 0 aromatic heterocycles. The Hall–Kier alpha value is -0.990. The highest BCUT2D eigenvalue weighted by molar-refractivity contribution is 5.65. The van der Waals surface area contributed by atoms with Crippen molar-refractivity contribution in [3.8, 4) is 0 Å². The molecule has 4 rings (SSSR count). The molecule has 0 saturated heterocycles. The average Bonchev–Trinajstić information content (AvgIpc) is 3.05. The van der Waals surface area contributed by atoms with Crippen molar-refractivity contribution in [1.29, 1.82) is 0 Å². The van der Waals surface area contributed by atoms with Gasteiger partial charge in [0, 0.05) is 6.04 Å². The minimum atomic E-state index is -0.865. The molecule has 3 nitrogen and oxygen atoms in total. The standard InChI is InChI=1S/C28H47NO2/c1-18(2)7-6-8-19(3)23-11-12-24-22-10-9-20-17-21(29-26(30)31)13-15-27(20,4)25(22)14-16-28(23,24)5/h9,18-19,21-25,29H,6-8,10-17H2,1-5H3,(H,30,31)/t19-,21+,22+,23-,24+,25+,27+,28-/m1/s1. The summed E-state index contributed by atoms with van der Waals surface area (Å²) in [5.41, 5.74) is 2.42. The smallest absolute Gasteiger partial charge is 0.404 e. The summed E-state index contributed by atoms with van der Waals surface area (Å²) in [7, 11) is 0. The van der Waals surface area contributed by atoms with E-state index in [1.807, 2.05) is 0 Å². The summed E-state index contributed by atoms with van der Waals surface area (Å²) in [6.07, 6.45) is 15.9. The van der Waals surface area contributed by atoms with Gasteiger partial charge in [-0.3, -0.25) is 0 Å². The minimum Gasteiger partial charge on any atom is -0.465 e. The fourth-order valence-electron chi connectivity index (χ4n) is 8.98. The summed E-state index contributed by atoms with van der Waals surface area (Å²) in [5.74, 6) is 5.18. The molecule has 0 radical (unpaired) electrons. The summed E-state index contributed by atoms with van der Waals surface area (Å²) < 4.78 is 0. The van der Waals surface area contributed by atoms with Gasteiger partial charge in [0.25, 0.3) is 0 Å². The van der Waals surface area contributed by atoms with E-state index in [1.54, 1.807) is 5.57 Å². The predicted molar refractivity (Wildman–Crippen MR) is 128 cm³/mol. The molecule has 2 N–H and O–H groups in total. The molecule has 0 unspecified atom stereocenters. The van der Waals surface area contributed by atoms with Crippen LogP contribution in [-0.2, 0) is 0 Å². The van der Waals surface area contributed by atoms with Gasteiger partial charge in [-0.1, -0.05) is 65.5 Å². The number of hydrogen-bond donors (Lipinski definition) is 2. The Morgan fingerprint density at radius 2 is 1.87 bits per heavy atom. The lowest BCUT2D eigenvalue weighted by Crippen LogP contribution is -2.52. The second-order valence-electron chi connectivity index (χ2n) is 12.7. The molecule has 3 fully saturated rings. The quantitative estimate of drug-likeness (QED) is 0.426. The third kappa shape index (κ3) is 4.20. The van der Waals surface area contributed by atoms with Crippen molar-refractivity contribution in [1.82, 2.24) is 5.32 Å². The number of hydrogen-bond acceptors (Lipinski definition) is 1. The molecule has 8 atom stereocenters. The summed E-state index contributed by atoms with van der Waals surface area (Å²) >= 11 is 0. The van der Waals surface area contributed by atoms with Crippen LogP contribution in [0.15, 0.2) is 11.6 Å². The Balaban J connectivity index is 1.47. The van der Waals surface area contributed by atoms with Crippen molar-refractivity contribution in [2.45, 2.75) is 111 Å². The fraction of sp³-hybridized carbons (Fsp3) is 0.893. The average molecular weight is 430 g/mol. The Morgan fingerprint density at radius 3 is 2.58 bits per heavy atom. The monoisotopic (exact) mass is 429 g/mol. The van der Waals surface area contributed by atoms with Crippen molar-refractivity contribution in [3.05, 3.63) is 11.6 Å². The van der Waals surface area contributed by atoms with Crippen LogP contribution in [0.25, 0.3) is 0 Å². The van der Waals surface area contributed by atoms with Crippen LogP contribution in [0.5, 0.6) is 0 Å². The molecule has 0 aromatic rings. The van der Waals surface area contributed by atoms with E-state index in [0.717, 1.165) is 54.8 Å². The highest BCUT2D eigenvalue weighted by Gasteiger charge is 2.59. The number of carbonyl (C=O) groups is 1. The van der Waals surface area contributed by atoms with Gasteiger partial charge in [0.2, 0.25) is 0 Å². The molecule has 0 aromatic carbocycles. The van der Waals surface area contributed by atoms with Crippen LogP contribution in [0, 0.1) is 46.3 Å². The first-order valence-corrected chi connectivity index (χ1v) is 13.3. The Labute approximate surface area is 190 Å². The van der Waals surface area contributed by atoms with E-state index >= 15 is 0 Å². The third-order valence-electron chi connectivity index (χ3n) is 10.6. The molecule has 1 amide bonds. The fourth-order valence-corrected chi connectivity index (χ4v) is 8.98. The number of nitrogens with one attached hydrogen (secondary N) is 1. The van der Waals surface area contributed by atoms with E-state index < -0.39 is 6.09 Å². The summed E-state index contributed by atoms with van der Waals surface area (Å²) in [5, 5.41) is 11.9. The highest BCUT2D eigenvalue weighted by Crippen LogP contribution is 2.67. The van der Waals surface area contributed by atoms with Crippen molar-refractivity contribution >= 4 is 6.09 Å². The SMILES string of the molecule is CC(C)CCC[C@@H](C)[C@H]1CC[C@H]2[C@@H]3CC=C4C[C@@H](NC(=O)O)CC[C@]4(C)[C@H]3CC[C@]12C. The topological polar surface area (TPSA) is 49.3 Å². The third-order valence-corrected chi connectivity index (χ3v) is 10.6. The maximum absolute atomic E-state index is 11.1. The van der Waals surface area contributed by atoms with Crippen molar-refractivity contribution in [2.24, 2.45) is 46.3 Å². The van der Waals surface area contributed by atoms with Crippen LogP contribution in [-0.4, -0.2) is 17.2 Å². The number of amides is 1. The van der Waals surface area contributed by atoms with Gasteiger partial charge in [-0.2, -0.15) is 0 Å². The van der Waals surface area contributed by atoms with E-state index in [-0.39, 0.29) is 6.04 Å². The lowest BCUT2D eigenvalue weighted by atomic mass is 9.47. The van der Waals surface area contributed by atoms with E-state index in [1.165, 1.54) is 51.4 Å². The number of fused-ring (bicyclic) bond motifs is 5. The molecule has 31 heavy (non-hydrogen) atoms. The molecule has 0 aliphatic heterocycles. The molecule has 3 saturated carbocycles. The van der Waals surface area contributed by atoms with Gasteiger partial charge >= 0.3 is 6.09 Å². The number of allylic oxidation sites excluding steroid dienone is 1. The first-order valence-electron chi connectivity index (χ1n) is 13.3. The maximum Gasteiger partial charge on any atom is 0.404 e. The van der Waals surface area contributed by atoms with Gasteiger partial charge in [0.1, 0.15) is 0 Å². The zero-order valence-electron chi connectivity index (χ0n) is 20.8. The van der Waals surface area contributed by atoms with Gasteiger partial charge in [0.15, 0.2) is 0 Å².